The number of hydrogen-bond acceptors (Lipinski definition) is 9. The van der Waals surface area contributed by atoms with E-state index in [0.29, 0.717) is 45.6 Å². The van der Waals surface area contributed by atoms with E-state index in [1.54, 1.807) is 53.7 Å². The predicted octanol–water partition coefficient (Wildman–Crippen LogP) is 5.65. The quantitative estimate of drug-likeness (QED) is 0.111. The molecule has 230 valence electrons. The summed E-state index contributed by atoms with van der Waals surface area (Å²) in [5.74, 6) is -4.41. The second-order valence-electron chi connectivity index (χ2n) is 10.8. The molecule has 0 atom stereocenters. The van der Waals surface area contributed by atoms with Gasteiger partial charge < -0.3 is 41.2 Å². The zero-order valence-corrected chi connectivity index (χ0v) is 24.8. The van der Waals surface area contributed by atoms with Gasteiger partial charge in [-0.3, -0.25) is 14.4 Å². The Labute approximate surface area is 247 Å². The topological polar surface area (TPSA) is 224 Å². The van der Waals surface area contributed by atoms with Crippen LogP contribution >= 0.6 is 0 Å². The molecule has 4 rings (SSSR count). The fourth-order valence-corrected chi connectivity index (χ4v) is 5.60. The molecular formula is C32H36O11. The van der Waals surface area contributed by atoms with Gasteiger partial charge in [0, 0.05) is 39.9 Å². The third-order valence-electron chi connectivity index (χ3n) is 7.22. The third-order valence-corrected chi connectivity index (χ3v) is 7.22. The molecule has 43 heavy (non-hydrogen) atoms. The predicted molar refractivity (Wildman–Crippen MR) is 162 cm³/mol. The summed E-state index contributed by atoms with van der Waals surface area (Å²) in [6.45, 7) is 11.6. The molecule has 11 heteroatoms. The number of aryl methyl sites for hydroxylation is 2. The zero-order chi connectivity index (χ0) is 32.0. The average molecular weight is 597 g/mol. The van der Waals surface area contributed by atoms with Crippen LogP contribution in [0.4, 0.5) is 0 Å². The molecule has 9 N–H and O–H groups in total. The number of aldehydes is 2. The maximum Gasteiger partial charge on any atom is 0.300 e. The molecule has 4 aromatic carbocycles. The van der Waals surface area contributed by atoms with Crippen molar-refractivity contribution in [1.82, 2.24) is 0 Å². The van der Waals surface area contributed by atoms with Gasteiger partial charge in [-0.15, -0.1) is 0 Å². The maximum atomic E-state index is 12.0. The highest BCUT2D eigenvalue weighted by molar-refractivity contribution is 6.14. The van der Waals surface area contributed by atoms with Crippen molar-refractivity contribution in [3.63, 3.8) is 0 Å². The van der Waals surface area contributed by atoms with Crippen molar-refractivity contribution in [2.24, 2.45) is 0 Å². The first-order chi connectivity index (χ1) is 19.5. The van der Waals surface area contributed by atoms with Gasteiger partial charge in [0.25, 0.3) is 5.97 Å². The van der Waals surface area contributed by atoms with Crippen molar-refractivity contribution in [3.8, 4) is 45.6 Å². The van der Waals surface area contributed by atoms with Crippen molar-refractivity contribution in [1.29, 1.82) is 0 Å². The highest BCUT2D eigenvalue weighted by atomic mass is 16.4. The van der Waals surface area contributed by atoms with Gasteiger partial charge in [-0.2, -0.15) is 0 Å². The van der Waals surface area contributed by atoms with E-state index >= 15 is 0 Å². The summed E-state index contributed by atoms with van der Waals surface area (Å²) < 4.78 is 0. The van der Waals surface area contributed by atoms with Crippen molar-refractivity contribution < 1.29 is 55.6 Å². The first-order valence-corrected chi connectivity index (χ1v) is 13.1. The lowest BCUT2D eigenvalue weighted by atomic mass is 9.83. The van der Waals surface area contributed by atoms with Crippen molar-refractivity contribution >= 4 is 40.1 Å². The van der Waals surface area contributed by atoms with Gasteiger partial charge >= 0.3 is 0 Å². The molecule has 0 saturated carbocycles. The zero-order valence-electron chi connectivity index (χ0n) is 24.8. The number of phenols is 6. The van der Waals surface area contributed by atoms with Crippen molar-refractivity contribution in [2.45, 2.75) is 60.3 Å². The van der Waals surface area contributed by atoms with Gasteiger partial charge in [0.1, 0.15) is 11.5 Å². The Morgan fingerprint density at radius 3 is 1.14 bits per heavy atom. The Bertz CT molecular complexity index is 1650. The fraction of sp³-hybridized carbons (Fsp3) is 0.281. The van der Waals surface area contributed by atoms with Gasteiger partial charge in [0.2, 0.25) is 0 Å². The lowest BCUT2D eigenvalue weighted by Crippen LogP contribution is -2.01. The third kappa shape index (κ3) is 5.46. The summed E-state index contributed by atoms with van der Waals surface area (Å²) in [5, 5.41) is 73.8. The summed E-state index contributed by atoms with van der Waals surface area (Å²) in [6.07, 6.45) is 0.682. The first kappa shape index (κ1) is 34.2. The second-order valence-corrected chi connectivity index (χ2v) is 10.8. The molecule has 0 spiro atoms. The summed E-state index contributed by atoms with van der Waals surface area (Å²) in [4.78, 5) is 33.0. The van der Waals surface area contributed by atoms with Crippen LogP contribution in [0.3, 0.4) is 0 Å². The number of rotatable bonds is 5. The van der Waals surface area contributed by atoms with E-state index in [2.05, 4.69) is 0 Å². The lowest BCUT2D eigenvalue weighted by Gasteiger charge is -2.23. The maximum absolute atomic E-state index is 12.0. The number of benzene rings is 4. The van der Waals surface area contributed by atoms with Crippen LogP contribution in [-0.2, 0) is 4.79 Å². The van der Waals surface area contributed by atoms with E-state index < -0.39 is 40.5 Å². The number of phenolic OH excluding ortho intramolecular Hbond substituents is 6. The minimum atomic E-state index is -0.833. The average Bonchev–Trinajstić information content (AvgIpc) is 2.87. The van der Waals surface area contributed by atoms with Gasteiger partial charge in [-0.25, -0.2) is 0 Å². The SMILES string of the molecule is CC(=O)O.Cc1cc2c(C(C)C)c(O)c(O)c(C=O)c2c(O)c1-c1c(C)cc2c(C(C)C)c(O)c(O)c(C=O)c2c1O.O. The molecule has 0 amide bonds. The van der Waals surface area contributed by atoms with Gasteiger partial charge in [0.15, 0.2) is 35.6 Å². The molecule has 0 aliphatic heterocycles. The summed E-state index contributed by atoms with van der Waals surface area (Å²) in [5.41, 5.74) is 1.33. The van der Waals surface area contributed by atoms with E-state index in [1.807, 2.05) is 0 Å². The first-order valence-electron chi connectivity index (χ1n) is 13.1. The van der Waals surface area contributed by atoms with Gasteiger partial charge in [-0.05, 0) is 47.6 Å². The van der Waals surface area contributed by atoms with E-state index in [9.17, 15) is 40.2 Å². The number of fused-ring (bicyclic) bond motifs is 2. The van der Waals surface area contributed by atoms with Crippen LogP contribution in [0.15, 0.2) is 12.1 Å². The van der Waals surface area contributed by atoms with Crippen molar-refractivity contribution in [3.05, 3.63) is 45.5 Å². The standard InChI is InChI=1S/C30H30O8.C2H4O2.H2O/c1-11(2)19-15-7-13(5)21(27(35)23(15)17(9-31)25(33)29(19)37)22-14(6)8-16-20(12(3)4)30(38)26(34)18(10-32)24(16)28(22)36;1-2(3)4;/h7-12,33-38H,1-6H3;1H3,(H,3,4);1H2. The van der Waals surface area contributed by atoms with Crippen LogP contribution < -0.4 is 0 Å². The van der Waals surface area contributed by atoms with Crippen LogP contribution in [0.2, 0.25) is 0 Å². The highest BCUT2D eigenvalue weighted by Gasteiger charge is 2.29. The molecular weight excluding hydrogens is 560 g/mol. The minimum Gasteiger partial charge on any atom is -0.507 e. The number of aliphatic carboxylic acids is 1. The molecule has 4 aromatic rings. The Morgan fingerprint density at radius 1 is 0.628 bits per heavy atom. The molecule has 0 radical (unpaired) electrons. The normalized spacial score (nSPS) is 10.9. The van der Waals surface area contributed by atoms with E-state index in [1.165, 1.54) is 0 Å². The molecule has 0 aliphatic carbocycles. The number of carbonyl (C=O) groups excluding carboxylic acids is 2. The van der Waals surface area contributed by atoms with Crippen LogP contribution in [0.5, 0.6) is 34.5 Å². The number of carbonyl (C=O) groups is 3. The minimum absolute atomic E-state index is 0. The lowest BCUT2D eigenvalue weighted by molar-refractivity contribution is -0.134. The number of carboxylic acids is 1. The number of carboxylic acid groups (broad SMARTS) is 1. The Hall–Kier alpha value is -5.03. The fourth-order valence-electron chi connectivity index (χ4n) is 5.60. The smallest absolute Gasteiger partial charge is 0.300 e. The van der Waals surface area contributed by atoms with E-state index in [-0.39, 0.29) is 50.3 Å². The summed E-state index contributed by atoms with van der Waals surface area (Å²) >= 11 is 0. The van der Waals surface area contributed by atoms with Crippen LogP contribution in [0, 0.1) is 13.8 Å². The largest absolute Gasteiger partial charge is 0.507 e. The van der Waals surface area contributed by atoms with Crippen molar-refractivity contribution in [2.75, 3.05) is 0 Å². The van der Waals surface area contributed by atoms with E-state index in [0.717, 1.165) is 6.92 Å². The number of aromatic hydroxyl groups is 6. The molecule has 0 heterocycles. The van der Waals surface area contributed by atoms with Gasteiger partial charge in [0.05, 0.1) is 11.1 Å². The summed E-state index contributed by atoms with van der Waals surface area (Å²) in [7, 11) is 0. The van der Waals surface area contributed by atoms with E-state index in [4.69, 9.17) is 9.90 Å². The molecule has 11 nitrogen and oxygen atoms in total. The molecule has 0 aromatic heterocycles. The van der Waals surface area contributed by atoms with Crippen LogP contribution in [-0.4, -0.2) is 59.8 Å². The van der Waals surface area contributed by atoms with Crippen LogP contribution in [0.1, 0.15) is 89.4 Å². The van der Waals surface area contributed by atoms with Crippen LogP contribution in [0.25, 0.3) is 32.7 Å². The second kappa shape index (κ2) is 12.5. The number of hydrogen-bond donors (Lipinski definition) is 7. The monoisotopic (exact) mass is 596 g/mol. The molecule has 0 unspecified atom stereocenters. The molecule has 0 saturated heterocycles. The Morgan fingerprint density at radius 2 is 0.907 bits per heavy atom. The Kier molecular flexibility index (Phi) is 9.90. The van der Waals surface area contributed by atoms with Gasteiger partial charge in [-0.1, -0.05) is 39.8 Å². The molecule has 0 fully saturated rings. The molecule has 0 aliphatic rings. The summed E-state index contributed by atoms with van der Waals surface area (Å²) in [6, 6.07) is 3.31. The molecule has 0 bridgehead atoms. The Balaban J connectivity index is 0.00000121. The highest BCUT2D eigenvalue weighted by Crippen LogP contribution is 2.54.